The highest BCUT2D eigenvalue weighted by Gasteiger charge is 2.13. The minimum absolute atomic E-state index is 0.0101. The van der Waals surface area contributed by atoms with Crippen LogP contribution < -0.4 is 5.32 Å². The standard InChI is InChI=1S/C18H16N4OS/c23-12-13-4-1-2-6-15(13)16-11-21-22-17(7-8-19-18(16)22)20-10-14-5-3-9-24-14/h1-9,11,20,23H,10,12H2. The van der Waals surface area contributed by atoms with Crippen molar-refractivity contribution < 1.29 is 5.11 Å². The quantitative estimate of drug-likeness (QED) is 0.585. The lowest BCUT2D eigenvalue weighted by Gasteiger charge is -2.08. The highest BCUT2D eigenvalue weighted by molar-refractivity contribution is 7.09. The number of aliphatic hydroxyl groups is 1. The molecular formula is C18H16N4OS. The molecule has 0 aliphatic rings. The maximum Gasteiger partial charge on any atom is 0.165 e. The van der Waals surface area contributed by atoms with Crippen molar-refractivity contribution >= 4 is 22.8 Å². The number of benzene rings is 1. The molecule has 2 N–H and O–H groups in total. The number of nitrogens with zero attached hydrogens (tertiary/aromatic N) is 3. The van der Waals surface area contributed by atoms with Gasteiger partial charge in [-0.05, 0) is 28.6 Å². The van der Waals surface area contributed by atoms with E-state index in [9.17, 15) is 5.11 Å². The van der Waals surface area contributed by atoms with Crippen LogP contribution in [0.1, 0.15) is 10.4 Å². The maximum absolute atomic E-state index is 9.57. The Balaban J connectivity index is 1.73. The van der Waals surface area contributed by atoms with Crippen molar-refractivity contribution in [3.8, 4) is 11.1 Å². The van der Waals surface area contributed by atoms with Crippen LogP contribution in [0.3, 0.4) is 0 Å². The normalized spacial score (nSPS) is 11.0. The second-order valence-electron chi connectivity index (χ2n) is 5.37. The predicted octanol–water partition coefficient (Wildman–Crippen LogP) is 3.56. The molecule has 4 aromatic rings. The molecule has 3 heterocycles. The number of aromatic nitrogens is 3. The van der Waals surface area contributed by atoms with Gasteiger partial charge in [0.05, 0.1) is 19.3 Å². The number of anilines is 1. The molecule has 0 saturated carbocycles. The van der Waals surface area contributed by atoms with Gasteiger partial charge < -0.3 is 10.4 Å². The minimum Gasteiger partial charge on any atom is -0.392 e. The van der Waals surface area contributed by atoms with Crippen molar-refractivity contribution in [3.05, 3.63) is 70.7 Å². The number of aliphatic hydroxyl groups excluding tert-OH is 1. The van der Waals surface area contributed by atoms with Gasteiger partial charge in [0.1, 0.15) is 5.82 Å². The van der Waals surface area contributed by atoms with Crippen LogP contribution in [0.2, 0.25) is 0 Å². The van der Waals surface area contributed by atoms with Gasteiger partial charge in [0.15, 0.2) is 5.65 Å². The van der Waals surface area contributed by atoms with E-state index >= 15 is 0 Å². The molecule has 0 unspecified atom stereocenters. The highest BCUT2D eigenvalue weighted by atomic mass is 32.1. The Hall–Kier alpha value is -2.70. The fourth-order valence-electron chi connectivity index (χ4n) is 2.73. The molecule has 0 aliphatic carbocycles. The van der Waals surface area contributed by atoms with Crippen molar-refractivity contribution in [1.82, 2.24) is 14.6 Å². The molecule has 0 saturated heterocycles. The molecule has 1 aromatic carbocycles. The predicted molar refractivity (Wildman–Crippen MR) is 96.0 cm³/mol. The molecular weight excluding hydrogens is 320 g/mol. The third kappa shape index (κ3) is 2.66. The first kappa shape index (κ1) is 14.9. The van der Waals surface area contributed by atoms with Gasteiger partial charge in [0.2, 0.25) is 0 Å². The third-order valence-electron chi connectivity index (χ3n) is 3.90. The second kappa shape index (κ2) is 6.43. The van der Waals surface area contributed by atoms with Gasteiger partial charge >= 0.3 is 0 Å². The monoisotopic (exact) mass is 336 g/mol. The van der Waals surface area contributed by atoms with Crippen LogP contribution in [0.15, 0.2) is 60.2 Å². The molecule has 5 nitrogen and oxygen atoms in total. The van der Waals surface area contributed by atoms with Crippen LogP contribution in [0.4, 0.5) is 5.82 Å². The van der Waals surface area contributed by atoms with Crippen molar-refractivity contribution in [2.24, 2.45) is 0 Å². The minimum atomic E-state index is -0.0101. The fourth-order valence-corrected chi connectivity index (χ4v) is 3.37. The van der Waals surface area contributed by atoms with Crippen molar-refractivity contribution in [2.75, 3.05) is 5.32 Å². The Labute approximate surface area is 143 Å². The summed E-state index contributed by atoms with van der Waals surface area (Å²) in [5, 5.41) is 19.5. The van der Waals surface area contributed by atoms with Crippen molar-refractivity contribution in [3.63, 3.8) is 0 Å². The van der Waals surface area contributed by atoms with Crippen LogP contribution >= 0.6 is 11.3 Å². The summed E-state index contributed by atoms with van der Waals surface area (Å²) >= 11 is 1.72. The Morgan fingerprint density at radius 1 is 1.08 bits per heavy atom. The molecule has 0 fully saturated rings. The van der Waals surface area contributed by atoms with Gasteiger partial charge in [-0.15, -0.1) is 11.3 Å². The summed E-state index contributed by atoms with van der Waals surface area (Å²) in [6.45, 7) is 0.739. The van der Waals surface area contributed by atoms with Crippen LogP contribution in [-0.4, -0.2) is 19.7 Å². The molecule has 6 heteroatoms. The second-order valence-corrected chi connectivity index (χ2v) is 6.40. The zero-order valence-corrected chi connectivity index (χ0v) is 13.7. The van der Waals surface area contributed by atoms with Gasteiger partial charge in [0.25, 0.3) is 0 Å². The summed E-state index contributed by atoms with van der Waals surface area (Å²) in [7, 11) is 0. The molecule has 0 bridgehead atoms. The lowest BCUT2D eigenvalue weighted by Crippen LogP contribution is -2.04. The third-order valence-corrected chi connectivity index (χ3v) is 4.78. The molecule has 0 atom stereocenters. The van der Waals surface area contributed by atoms with E-state index in [2.05, 4.69) is 26.8 Å². The molecule has 4 rings (SSSR count). The number of rotatable bonds is 5. The first-order valence-corrected chi connectivity index (χ1v) is 8.53. The van der Waals surface area contributed by atoms with E-state index in [1.54, 1.807) is 28.2 Å². The summed E-state index contributed by atoms with van der Waals surface area (Å²) in [6.07, 6.45) is 3.58. The lowest BCUT2D eigenvalue weighted by molar-refractivity contribution is 0.282. The molecule has 0 aliphatic heterocycles. The number of fused-ring (bicyclic) bond motifs is 1. The zero-order valence-electron chi connectivity index (χ0n) is 12.9. The lowest BCUT2D eigenvalue weighted by atomic mass is 10.0. The van der Waals surface area contributed by atoms with Crippen LogP contribution in [0.25, 0.3) is 16.8 Å². The Morgan fingerprint density at radius 3 is 2.83 bits per heavy atom. The summed E-state index contributed by atoms with van der Waals surface area (Å²) in [5.41, 5.74) is 3.51. The van der Waals surface area contributed by atoms with E-state index in [1.165, 1.54) is 4.88 Å². The Bertz CT molecular complexity index is 962. The van der Waals surface area contributed by atoms with Crippen LogP contribution in [0, 0.1) is 0 Å². The van der Waals surface area contributed by atoms with Gasteiger partial charge in [-0.2, -0.15) is 9.61 Å². The summed E-state index contributed by atoms with van der Waals surface area (Å²) in [4.78, 5) is 5.74. The van der Waals surface area contributed by atoms with E-state index in [1.807, 2.05) is 36.4 Å². The first-order chi connectivity index (χ1) is 11.9. The van der Waals surface area contributed by atoms with Crippen LogP contribution in [0.5, 0.6) is 0 Å². The molecule has 0 radical (unpaired) electrons. The van der Waals surface area contributed by atoms with Gasteiger partial charge in [0, 0.05) is 16.6 Å². The Kier molecular flexibility index (Phi) is 3.98. The number of nitrogens with one attached hydrogen (secondary N) is 1. The topological polar surface area (TPSA) is 62.5 Å². The number of hydrogen-bond donors (Lipinski definition) is 2. The highest BCUT2D eigenvalue weighted by Crippen LogP contribution is 2.28. The van der Waals surface area contributed by atoms with Crippen LogP contribution in [-0.2, 0) is 13.2 Å². The molecule has 120 valence electrons. The summed E-state index contributed by atoms with van der Waals surface area (Å²) in [6, 6.07) is 13.8. The SMILES string of the molecule is OCc1ccccc1-c1cnn2c(NCc3cccs3)ccnc12. The number of thiophene rings is 1. The molecule has 3 aromatic heterocycles. The molecule has 0 spiro atoms. The fraction of sp³-hybridized carbons (Fsp3) is 0.111. The average molecular weight is 336 g/mol. The zero-order chi connectivity index (χ0) is 16.4. The average Bonchev–Trinajstić information content (AvgIpc) is 3.29. The van der Waals surface area contributed by atoms with Gasteiger partial charge in [-0.1, -0.05) is 30.3 Å². The maximum atomic E-state index is 9.57. The largest absolute Gasteiger partial charge is 0.392 e. The summed E-state index contributed by atoms with van der Waals surface area (Å²) in [5.74, 6) is 0.890. The van der Waals surface area contributed by atoms with Crippen molar-refractivity contribution in [1.29, 1.82) is 0 Å². The van der Waals surface area contributed by atoms with E-state index in [0.717, 1.165) is 34.7 Å². The van der Waals surface area contributed by atoms with Gasteiger partial charge in [-0.3, -0.25) is 0 Å². The van der Waals surface area contributed by atoms with Crippen molar-refractivity contribution in [2.45, 2.75) is 13.2 Å². The van der Waals surface area contributed by atoms with E-state index in [4.69, 9.17) is 0 Å². The van der Waals surface area contributed by atoms with E-state index in [0.29, 0.717) is 0 Å². The first-order valence-electron chi connectivity index (χ1n) is 7.65. The van der Waals surface area contributed by atoms with Gasteiger partial charge in [-0.25, -0.2) is 4.98 Å². The Morgan fingerprint density at radius 2 is 2.00 bits per heavy atom. The van der Waals surface area contributed by atoms with E-state index < -0.39 is 0 Å². The molecule has 24 heavy (non-hydrogen) atoms. The summed E-state index contributed by atoms with van der Waals surface area (Å²) < 4.78 is 1.80. The smallest absolute Gasteiger partial charge is 0.165 e. The number of hydrogen-bond acceptors (Lipinski definition) is 5. The molecule has 0 amide bonds. The van der Waals surface area contributed by atoms with E-state index in [-0.39, 0.29) is 6.61 Å².